The highest BCUT2D eigenvalue weighted by Gasteiger charge is 2.22. The van der Waals surface area contributed by atoms with E-state index in [0.717, 1.165) is 13.0 Å². The number of rotatable bonds is 8. The van der Waals surface area contributed by atoms with Gasteiger partial charge in [-0.2, -0.15) is 12.7 Å². The third-order valence-electron chi connectivity index (χ3n) is 2.91. The first-order valence-electron chi connectivity index (χ1n) is 6.48. The molecule has 0 saturated carbocycles. The van der Waals surface area contributed by atoms with Gasteiger partial charge in [-0.25, -0.2) is 4.57 Å². The van der Waals surface area contributed by atoms with Crippen molar-refractivity contribution in [2.45, 2.75) is 45.6 Å². The van der Waals surface area contributed by atoms with Crippen molar-refractivity contribution >= 4 is 10.2 Å². The van der Waals surface area contributed by atoms with Gasteiger partial charge in [0, 0.05) is 14.1 Å². The summed E-state index contributed by atoms with van der Waals surface area (Å²) in [6.45, 7) is 3.07. The van der Waals surface area contributed by atoms with Crippen molar-refractivity contribution in [3.63, 3.8) is 0 Å². The predicted octanol–water partition coefficient (Wildman–Crippen LogP) is 1.40. The highest BCUT2D eigenvalue weighted by molar-refractivity contribution is 7.87. The van der Waals surface area contributed by atoms with Crippen molar-refractivity contribution in [1.29, 1.82) is 0 Å². The minimum atomic E-state index is -3.37. The quantitative estimate of drug-likeness (QED) is 0.531. The van der Waals surface area contributed by atoms with Gasteiger partial charge < -0.3 is 0 Å². The number of nitrogens with zero attached hydrogens (tertiary/aromatic N) is 3. The van der Waals surface area contributed by atoms with Crippen LogP contribution in [0.2, 0.25) is 0 Å². The molecule has 0 bridgehead atoms. The van der Waals surface area contributed by atoms with Gasteiger partial charge in [-0.15, -0.1) is 3.97 Å². The predicted molar refractivity (Wildman–Crippen MR) is 71.4 cm³/mol. The maximum Gasteiger partial charge on any atom is 0.379 e. The van der Waals surface area contributed by atoms with Crippen LogP contribution in [0.3, 0.4) is 0 Å². The van der Waals surface area contributed by atoms with Crippen molar-refractivity contribution in [3.05, 3.63) is 18.7 Å². The maximum atomic E-state index is 11.8. The van der Waals surface area contributed by atoms with Gasteiger partial charge in [-0.05, 0) is 12.8 Å². The van der Waals surface area contributed by atoms with E-state index in [1.54, 1.807) is 18.7 Å². The highest BCUT2D eigenvalue weighted by atomic mass is 32.2. The Morgan fingerprint density at radius 3 is 2.44 bits per heavy atom. The number of imidazole rings is 1. The normalized spacial score (nSPS) is 12.2. The van der Waals surface area contributed by atoms with Crippen LogP contribution < -0.4 is 4.57 Å². The van der Waals surface area contributed by atoms with E-state index < -0.39 is 10.2 Å². The topological polar surface area (TPSA) is 46.2 Å². The largest absolute Gasteiger partial charge is 0.379 e. The summed E-state index contributed by atoms with van der Waals surface area (Å²) < 4.78 is 28.1. The second kappa shape index (κ2) is 6.89. The van der Waals surface area contributed by atoms with E-state index in [1.165, 1.54) is 48.1 Å². The van der Waals surface area contributed by atoms with Gasteiger partial charge in [0.15, 0.2) is 0 Å². The summed E-state index contributed by atoms with van der Waals surface area (Å²) in [4.78, 5) is 0. The molecule has 0 aliphatic carbocycles. The van der Waals surface area contributed by atoms with Crippen molar-refractivity contribution < 1.29 is 13.0 Å². The fourth-order valence-electron chi connectivity index (χ4n) is 1.73. The van der Waals surface area contributed by atoms with E-state index in [0.29, 0.717) is 0 Å². The van der Waals surface area contributed by atoms with Crippen molar-refractivity contribution in [2.24, 2.45) is 0 Å². The molecule has 0 fully saturated rings. The summed E-state index contributed by atoms with van der Waals surface area (Å²) in [5.41, 5.74) is 0. The van der Waals surface area contributed by atoms with Crippen LogP contribution in [0.25, 0.3) is 0 Å². The second-order valence-corrected chi connectivity index (χ2v) is 6.73. The zero-order valence-corrected chi connectivity index (χ0v) is 12.4. The van der Waals surface area contributed by atoms with Gasteiger partial charge in [0.2, 0.25) is 0 Å². The SMILES string of the molecule is CCCCCCC[n+]1ccn(S(=O)(=O)N(C)C)c1. The first-order valence-corrected chi connectivity index (χ1v) is 7.88. The molecule has 0 amide bonds. The first-order chi connectivity index (χ1) is 8.48. The number of hydrogen-bond donors (Lipinski definition) is 0. The van der Waals surface area contributed by atoms with Gasteiger partial charge >= 0.3 is 10.2 Å². The molecule has 0 N–H and O–H groups in total. The molecule has 6 heteroatoms. The van der Waals surface area contributed by atoms with Crippen molar-refractivity contribution in [1.82, 2.24) is 8.28 Å². The van der Waals surface area contributed by atoms with Crippen LogP contribution in [-0.4, -0.2) is 30.8 Å². The standard InChI is InChI=1S/C12H24N3O2S/c1-4-5-6-7-8-9-14-10-11-15(12-14)18(16,17)13(2)3/h10-12H,4-9H2,1-3H3/q+1. The Labute approximate surface area is 110 Å². The van der Waals surface area contributed by atoms with Crippen molar-refractivity contribution in [3.8, 4) is 0 Å². The average Bonchev–Trinajstić information content (AvgIpc) is 2.78. The Morgan fingerprint density at radius 2 is 1.83 bits per heavy atom. The van der Waals surface area contributed by atoms with Crippen LogP contribution in [0.5, 0.6) is 0 Å². The van der Waals surface area contributed by atoms with Gasteiger partial charge in [-0.1, -0.05) is 26.2 Å². The molecule has 1 aromatic heterocycles. The first kappa shape index (κ1) is 15.2. The Bertz CT molecular complexity index is 452. The molecule has 1 rings (SSSR count). The molecule has 0 atom stereocenters. The average molecular weight is 274 g/mol. The molecule has 0 unspecified atom stereocenters. The lowest BCUT2D eigenvalue weighted by atomic mass is 10.1. The fraction of sp³-hybridized carbons (Fsp3) is 0.750. The van der Waals surface area contributed by atoms with Gasteiger partial charge in [0.25, 0.3) is 6.33 Å². The van der Waals surface area contributed by atoms with Crippen LogP contribution >= 0.6 is 0 Å². The minimum absolute atomic E-state index is 0.875. The molecule has 1 aromatic rings. The lowest BCUT2D eigenvalue weighted by Crippen LogP contribution is -2.33. The van der Waals surface area contributed by atoms with Gasteiger partial charge in [-0.3, -0.25) is 0 Å². The van der Waals surface area contributed by atoms with E-state index >= 15 is 0 Å². The van der Waals surface area contributed by atoms with Crippen molar-refractivity contribution in [2.75, 3.05) is 14.1 Å². The Morgan fingerprint density at radius 1 is 1.17 bits per heavy atom. The van der Waals surface area contributed by atoms with E-state index in [4.69, 9.17) is 0 Å². The Balaban J connectivity index is 2.49. The summed E-state index contributed by atoms with van der Waals surface area (Å²) in [6, 6.07) is 0. The molecule has 0 spiro atoms. The maximum absolute atomic E-state index is 11.8. The summed E-state index contributed by atoms with van der Waals surface area (Å²) in [5, 5.41) is 0. The third-order valence-corrected chi connectivity index (χ3v) is 4.59. The molecule has 0 aromatic carbocycles. The zero-order chi connectivity index (χ0) is 13.6. The number of aryl methyl sites for hydroxylation is 1. The van der Waals surface area contributed by atoms with E-state index in [1.807, 2.05) is 4.57 Å². The molecular formula is C12H24N3O2S+. The Hall–Kier alpha value is -0.880. The van der Waals surface area contributed by atoms with Crippen LogP contribution in [0, 0.1) is 0 Å². The van der Waals surface area contributed by atoms with Gasteiger partial charge in [0.05, 0.1) is 6.54 Å². The molecule has 104 valence electrons. The molecule has 0 radical (unpaired) electrons. The Kier molecular flexibility index (Phi) is 5.81. The van der Waals surface area contributed by atoms with Crippen LogP contribution in [0.1, 0.15) is 39.0 Å². The number of hydrogen-bond acceptors (Lipinski definition) is 2. The molecular weight excluding hydrogens is 250 g/mol. The number of unbranched alkanes of at least 4 members (excludes halogenated alkanes) is 4. The van der Waals surface area contributed by atoms with Crippen LogP contribution in [0.4, 0.5) is 0 Å². The minimum Gasteiger partial charge on any atom is -0.236 e. The summed E-state index contributed by atoms with van der Waals surface area (Å²) >= 11 is 0. The summed E-state index contributed by atoms with van der Waals surface area (Å²) in [6.07, 6.45) is 11.1. The van der Waals surface area contributed by atoms with E-state index in [9.17, 15) is 8.42 Å². The molecule has 1 heterocycles. The van der Waals surface area contributed by atoms with Crippen LogP contribution in [0.15, 0.2) is 18.7 Å². The fourth-order valence-corrected chi connectivity index (χ4v) is 2.56. The number of aromatic nitrogens is 2. The smallest absolute Gasteiger partial charge is 0.236 e. The second-order valence-electron chi connectivity index (χ2n) is 4.69. The van der Waals surface area contributed by atoms with Crippen LogP contribution in [-0.2, 0) is 16.8 Å². The van der Waals surface area contributed by atoms with E-state index in [-0.39, 0.29) is 0 Å². The summed E-state index contributed by atoms with van der Waals surface area (Å²) in [5.74, 6) is 0. The lowest BCUT2D eigenvalue weighted by molar-refractivity contribution is -0.696. The monoisotopic (exact) mass is 274 g/mol. The lowest BCUT2D eigenvalue weighted by Gasteiger charge is -2.05. The third kappa shape index (κ3) is 4.10. The molecule has 0 saturated heterocycles. The molecule has 18 heavy (non-hydrogen) atoms. The van der Waals surface area contributed by atoms with E-state index in [2.05, 4.69) is 6.92 Å². The molecule has 5 nitrogen and oxygen atoms in total. The molecule has 0 aliphatic heterocycles. The van der Waals surface area contributed by atoms with Gasteiger partial charge in [0.1, 0.15) is 12.4 Å². The summed E-state index contributed by atoms with van der Waals surface area (Å²) in [7, 11) is -0.302. The zero-order valence-electron chi connectivity index (χ0n) is 11.5. The highest BCUT2D eigenvalue weighted by Crippen LogP contribution is 2.03. The molecule has 0 aliphatic rings.